The van der Waals surface area contributed by atoms with Crippen molar-refractivity contribution < 1.29 is 23.2 Å². The highest BCUT2D eigenvalue weighted by molar-refractivity contribution is 6.04. The van der Waals surface area contributed by atoms with Gasteiger partial charge in [-0.15, -0.1) is 0 Å². The Balaban J connectivity index is 1.59. The summed E-state index contributed by atoms with van der Waals surface area (Å²) in [6.07, 6.45) is 2.81. The second kappa shape index (κ2) is 9.88. The first-order chi connectivity index (χ1) is 15.6. The van der Waals surface area contributed by atoms with Gasteiger partial charge in [0, 0.05) is 12.8 Å². The fraction of sp³-hybridized carbons (Fsp3) is 0.148. The van der Waals surface area contributed by atoms with Crippen LogP contribution in [0.4, 0.5) is 0 Å². The Morgan fingerprint density at radius 3 is 1.31 bits per heavy atom. The summed E-state index contributed by atoms with van der Waals surface area (Å²) in [4.78, 5) is 39.4. The molecule has 4 aromatic rings. The van der Waals surface area contributed by atoms with Crippen LogP contribution < -0.4 is 0 Å². The Labute approximate surface area is 185 Å². The molecule has 0 aliphatic rings. The van der Waals surface area contributed by atoms with Gasteiger partial charge in [0.2, 0.25) is 11.6 Å². The molecule has 160 valence electrons. The molecule has 0 aliphatic heterocycles. The third-order valence-electron chi connectivity index (χ3n) is 5.43. The lowest BCUT2D eigenvalue weighted by molar-refractivity contribution is -0.119. The summed E-state index contributed by atoms with van der Waals surface area (Å²) in [6, 6.07) is 24.8. The van der Waals surface area contributed by atoms with Gasteiger partial charge in [0.25, 0.3) is 0 Å². The van der Waals surface area contributed by atoms with Crippen molar-refractivity contribution >= 4 is 17.3 Å². The van der Waals surface area contributed by atoms with Gasteiger partial charge in [-0.05, 0) is 35.4 Å². The molecule has 0 bridgehead atoms. The largest absolute Gasteiger partial charge is 0.461 e. The molecule has 2 heterocycles. The van der Waals surface area contributed by atoms with Crippen molar-refractivity contribution in [3.8, 4) is 0 Å². The van der Waals surface area contributed by atoms with Gasteiger partial charge in [-0.1, -0.05) is 60.7 Å². The molecule has 0 saturated carbocycles. The van der Waals surface area contributed by atoms with E-state index in [2.05, 4.69) is 0 Å². The van der Waals surface area contributed by atoms with Gasteiger partial charge in [0.15, 0.2) is 11.5 Å². The summed E-state index contributed by atoms with van der Waals surface area (Å²) >= 11 is 0. The molecule has 2 aromatic heterocycles. The van der Waals surface area contributed by atoms with E-state index < -0.39 is 11.8 Å². The van der Waals surface area contributed by atoms with E-state index in [1.54, 1.807) is 24.3 Å². The molecule has 0 spiro atoms. The number of hydrogen-bond acceptors (Lipinski definition) is 5. The maximum Gasteiger partial charge on any atom is 0.205 e. The highest BCUT2D eigenvalue weighted by Gasteiger charge is 2.31. The van der Waals surface area contributed by atoms with E-state index in [0.29, 0.717) is 0 Å². The molecule has 2 unspecified atom stereocenters. The molecular weight excluding hydrogens is 404 g/mol. The van der Waals surface area contributed by atoms with E-state index in [-0.39, 0.29) is 41.7 Å². The molecule has 0 amide bonds. The van der Waals surface area contributed by atoms with Crippen molar-refractivity contribution in [3.63, 3.8) is 0 Å². The van der Waals surface area contributed by atoms with Gasteiger partial charge in [-0.2, -0.15) is 0 Å². The van der Waals surface area contributed by atoms with Gasteiger partial charge in [0.1, 0.15) is 5.78 Å². The van der Waals surface area contributed by atoms with Gasteiger partial charge in [0.05, 0.1) is 24.4 Å². The van der Waals surface area contributed by atoms with Crippen LogP contribution in [0.1, 0.15) is 56.9 Å². The summed E-state index contributed by atoms with van der Waals surface area (Å²) in [6.45, 7) is 0. The van der Waals surface area contributed by atoms with Gasteiger partial charge < -0.3 is 8.83 Å². The quantitative estimate of drug-likeness (QED) is 0.297. The number of benzene rings is 2. The summed E-state index contributed by atoms with van der Waals surface area (Å²) < 4.78 is 10.6. The zero-order valence-electron chi connectivity index (χ0n) is 17.3. The highest BCUT2D eigenvalue weighted by Crippen LogP contribution is 2.30. The standard InChI is InChI=1S/C27H22O5/c28-21(17-22(19-9-3-1-4-10-19)26(29)24-13-7-15-31-24)18-23(20-11-5-2-6-12-20)27(30)25-14-8-16-32-25/h1-16,22-23H,17-18H2. The van der Waals surface area contributed by atoms with Gasteiger partial charge >= 0.3 is 0 Å². The SMILES string of the molecule is O=C(CC(C(=O)c1ccco1)c1ccccc1)CC(C(=O)c1ccco1)c1ccccc1. The van der Waals surface area contributed by atoms with Gasteiger partial charge in [-0.3, -0.25) is 14.4 Å². The number of carbonyl (C=O) groups excluding carboxylic acids is 3. The Bertz CT molecular complexity index is 1070. The van der Waals surface area contributed by atoms with Crippen molar-refractivity contribution in [1.82, 2.24) is 0 Å². The smallest absolute Gasteiger partial charge is 0.205 e. The zero-order valence-corrected chi connectivity index (χ0v) is 17.3. The lowest BCUT2D eigenvalue weighted by Gasteiger charge is -2.18. The normalized spacial score (nSPS) is 12.8. The topological polar surface area (TPSA) is 77.5 Å². The Hall–Kier alpha value is -3.99. The van der Waals surface area contributed by atoms with Crippen LogP contribution in [0.15, 0.2) is 106 Å². The summed E-state index contributed by atoms with van der Waals surface area (Å²) in [5, 5.41) is 0. The van der Waals surface area contributed by atoms with E-state index in [4.69, 9.17) is 8.83 Å². The highest BCUT2D eigenvalue weighted by atomic mass is 16.3. The lowest BCUT2D eigenvalue weighted by atomic mass is 9.83. The first-order valence-corrected chi connectivity index (χ1v) is 10.4. The number of carbonyl (C=O) groups is 3. The second-order valence-electron chi connectivity index (χ2n) is 7.56. The van der Waals surface area contributed by atoms with Gasteiger partial charge in [-0.25, -0.2) is 0 Å². The number of hydrogen-bond donors (Lipinski definition) is 0. The predicted octanol–water partition coefficient (Wildman–Crippen LogP) is 5.86. The molecule has 2 aromatic carbocycles. The van der Waals surface area contributed by atoms with Crippen molar-refractivity contribution in [2.45, 2.75) is 24.7 Å². The Morgan fingerprint density at radius 1 is 0.562 bits per heavy atom. The van der Waals surface area contributed by atoms with Crippen LogP contribution in [0.2, 0.25) is 0 Å². The van der Waals surface area contributed by atoms with E-state index in [1.807, 2.05) is 60.7 Å². The fourth-order valence-corrected chi connectivity index (χ4v) is 3.81. The number of rotatable bonds is 10. The minimum absolute atomic E-state index is 0.0294. The number of furan rings is 2. The molecule has 0 radical (unpaired) electrons. The maximum atomic E-state index is 13.2. The summed E-state index contributed by atoms with van der Waals surface area (Å²) in [5.41, 5.74) is 1.46. The molecule has 0 N–H and O–H groups in total. The van der Waals surface area contributed by atoms with Crippen LogP contribution >= 0.6 is 0 Å². The predicted molar refractivity (Wildman–Crippen MR) is 119 cm³/mol. The van der Waals surface area contributed by atoms with Crippen LogP contribution in [-0.4, -0.2) is 17.3 Å². The van der Waals surface area contributed by atoms with Crippen molar-refractivity contribution in [3.05, 3.63) is 120 Å². The monoisotopic (exact) mass is 426 g/mol. The van der Waals surface area contributed by atoms with E-state index in [0.717, 1.165) is 11.1 Å². The Morgan fingerprint density at radius 2 is 0.969 bits per heavy atom. The fourth-order valence-electron chi connectivity index (χ4n) is 3.81. The third-order valence-corrected chi connectivity index (χ3v) is 5.43. The van der Waals surface area contributed by atoms with E-state index >= 15 is 0 Å². The summed E-state index contributed by atoms with van der Waals surface area (Å²) in [7, 11) is 0. The molecule has 5 heteroatoms. The van der Waals surface area contributed by atoms with E-state index in [1.165, 1.54) is 12.5 Å². The van der Waals surface area contributed by atoms with Crippen molar-refractivity contribution in [2.24, 2.45) is 0 Å². The van der Waals surface area contributed by atoms with Crippen LogP contribution in [0, 0.1) is 0 Å². The molecule has 0 aliphatic carbocycles. The first kappa shape index (κ1) is 21.2. The third kappa shape index (κ3) is 4.83. The summed E-state index contributed by atoms with van der Waals surface area (Å²) in [5.74, 6) is -1.68. The van der Waals surface area contributed by atoms with Crippen LogP contribution in [0.5, 0.6) is 0 Å². The minimum Gasteiger partial charge on any atom is -0.461 e. The molecule has 2 atom stereocenters. The molecule has 4 rings (SSSR count). The first-order valence-electron chi connectivity index (χ1n) is 10.4. The lowest BCUT2D eigenvalue weighted by Crippen LogP contribution is -2.21. The maximum absolute atomic E-state index is 13.2. The van der Waals surface area contributed by atoms with Crippen LogP contribution in [-0.2, 0) is 4.79 Å². The zero-order chi connectivity index (χ0) is 22.3. The molecule has 32 heavy (non-hydrogen) atoms. The number of Topliss-reactive ketones (excluding diaryl/α,β-unsaturated/α-hetero) is 3. The average molecular weight is 426 g/mol. The second-order valence-corrected chi connectivity index (χ2v) is 7.56. The molecule has 0 fully saturated rings. The van der Waals surface area contributed by atoms with Crippen molar-refractivity contribution in [1.29, 1.82) is 0 Å². The molecule has 5 nitrogen and oxygen atoms in total. The average Bonchev–Trinajstić information content (AvgIpc) is 3.56. The minimum atomic E-state index is -0.690. The van der Waals surface area contributed by atoms with Crippen LogP contribution in [0.3, 0.4) is 0 Å². The molecular formula is C27H22O5. The van der Waals surface area contributed by atoms with Crippen molar-refractivity contribution in [2.75, 3.05) is 0 Å². The molecule has 0 saturated heterocycles. The van der Waals surface area contributed by atoms with Crippen LogP contribution in [0.25, 0.3) is 0 Å². The number of ketones is 3. The Kier molecular flexibility index (Phi) is 6.56. The van der Waals surface area contributed by atoms with E-state index in [9.17, 15) is 14.4 Å².